The average Bonchev–Trinajstić information content (AvgIpc) is 2.42. The van der Waals surface area contributed by atoms with E-state index in [-0.39, 0.29) is 12.1 Å². The van der Waals surface area contributed by atoms with Gasteiger partial charge in [0.05, 0.1) is 17.2 Å². The van der Waals surface area contributed by atoms with Crippen LogP contribution >= 0.6 is 0 Å². The average molecular weight is 260 g/mol. The fourth-order valence-electron chi connectivity index (χ4n) is 1.60. The third-order valence-electron chi connectivity index (χ3n) is 2.53. The maximum Gasteiger partial charge on any atom is 0.321 e. The molecule has 0 saturated carbocycles. The minimum atomic E-state index is -0.619. The van der Waals surface area contributed by atoms with Crippen molar-refractivity contribution >= 4 is 22.8 Å². The van der Waals surface area contributed by atoms with Crippen molar-refractivity contribution in [3.8, 4) is 0 Å². The van der Waals surface area contributed by atoms with Gasteiger partial charge in [0.15, 0.2) is 0 Å². The molecule has 0 aliphatic rings. The van der Waals surface area contributed by atoms with Crippen molar-refractivity contribution in [3.63, 3.8) is 0 Å². The smallest absolute Gasteiger partial charge is 0.321 e. The van der Waals surface area contributed by atoms with Gasteiger partial charge in [-0.05, 0) is 12.1 Å². The highest BCUT2D eigenvalue weighted by molar-refractivity contribution is 5.94. The number of nitrogens with one attached hydrogen (secondary N) is 2. The number of rotatable bonds is 2. The minimum Gasteiger partial charge on any atom is -0.341 e. The second-order valence-corrected chi connectivity index (χ2v) is 3.82. The van der Waals surface area contributed by atoms with Crippen molar-refractivity contribution < 1.29 is 9.59 Å². The van der Waals surface area contributed by atoms with E-state index >= 15 is 0 Å². The van der Waals surface area contributed by atoms with Crippen molar-refractivity contribution in [2.24, 2.45) is 0 Å². The zero-order valence-electron chi connectivity index (χ0n) is 10.2. The molecule has 0 aliphatic heterocycles. The molecule has 1 aromatic heterocycles. The van der Waals surface area contributed by atoms with Gasteiger partial charge in [-0.15, -0.1) is 0 Å². The Hall–Kier alpha value is -2.70. The number of amides is 3. The molecule has 19 heavy (non-hydrogen) atoms. The Kier molecular flexibility index (Phi) is 3.56. The van der Waals surface area contributed by atoms with E-state index in [9.17, 15) is 14.4 Å². The Labute approximate surface area is 108 Å². The third kappa shape index (κ3) is 2.76. The van der Waals surface area contributed by atoms with Crippen LogP contribution in [0.2, 0.25) is 0 Å². The minimum absolute atomic E-state index is 0.260. The number of nitrogens with zero attached hydrogens (tertiary/aromatic N) is 2. The molecular formula is C12H12N4O3. The number of carbonyl (C=O) groups is 2. The van der Waals surface area contributed by atoms with E-state index in [1.165, 1.54) is 13.4 Å². The van der Waals surface area contributed by atoms with E-state index in [1.54, 1.807) is 24.3 Å². The van der Waals surface area contributed by atoms with Crippen LogP contribution < -0.4 is 16.2 Å². The molecule has 7 heteroatoms. The lowest BCUT2D eigenvalue weighted by atomic mass is 10.2. The predicted octanol–water partition coefficient (Wildman–Crippen LogP) is -0.148. The van der Waals surface area contributed by atoms with Crippen LogP contribution in [0.15, 0.2) is 35.4 Å². The Bertz CT molecular complexity index is 693. The first-order chi connectivity index (χ1) is 9.11. The predicted molar refractivity (Wildman–Crippen MR) is 68.6 cm³/mol. The first-order valence-electron chi connectivity index (χ1n) is 5.57. The molecule has 0 fully saturated rings. The Balaban J connectivity index is 2.27. The first kappa shape index (κ1) is 12.7. The lowest BCUT2D eigenvalue weighted by Gasteiger charge is -2.06. The second kappa shape index (κ2) is 5.30. The Morgan fingerprint density at radius 2 is 2.05 bits per heavy atom. The number of carbonyl (C=O) groups excluding carboxylic acids is 2. The largest absolute Gasteiger partial charge is 0.341 e. The number of aromatic nitrogens is 2. The number of fused-ring (bicyclic) bond motifs is 1. The van der Waals surface area contributed by atoms with Crippen LogP contribution in [-0.4, -0.2) is 28.5 Å². The molecule has 1 aromatic carbocycles. The van der Waals surface area contributed by atoms with Crippen LogP contribution in [0.25, 0.3) is 10.9 Å². The maximum absolute atomic E-state index is 12.1. The summed E-state index contributed by atoms with van der Waals surface area (Å²) in [5, 5.41) is 4.76. The summed E-state index contributed by atoms with van der Waals surface area (Å²) in [6.45, 7) is -0.260. The molecule has 3 amide bonds. The van der Waals surface area contributed by atoms with Crippen molar-refractivity contribution in [1.82, 2.24) is 20.2 Å². The topological polar surface area (TPSA) is 93.1 Å². The lowest BCUT2D eigenvalue weighted by Crippen LogP contribution is -2.40. The van der Waals surface area contributed by atoms with Gasteiger partial charge >= 0.3 is 6.03 Å². The van der Waals surface area contributed by atoms with Crippen molar-refractivity contribution in [2.45, 2.75) is 6.54 Å². The summed E-state index contributed by atoms with van der Waals surface area (Å²) >= 11 is 0. The first-order valence-corrected chi connectivity index (χ1v) is 5.57. The normalized spacial score (nSPS) is 10.2. The van der Waals surface area contributed by atoms with E-state index < -0.39 is 11.9 Å². The third-order valence-corrected chi connectivity index (χ3v) is 2.53. The Morgan fingerprint density at radius 1 is 1.32 bits per heavy atom. The molecule has 0 spiro atoms. The maximum atomic E-state index is 12.1. The van der Waals surface area contributed by atoms with Gasteiger partial charge in [-0.2, -0.15) is 0 Å². The molecule has 2 aromatic rings. The molecule has 0 unspecified atom stereocenters. The van der Waals surface area contributed by atoms with E-state index in [2.05, 4.69) is 15.6 Å². The molecule has 1 heterocycles. The van der Waals surface area contributed by atoms with Crippen molar-refractivity contribution in [2.75, 3.05) is 7.05 Å². The number of para-hydroxylation sites is 1. The number of hydrogen-bond acceptors (Lipinski definition) is 4. The zero-order chi connectivity index (χ0) is 13.8. The molecule has 98 valence electrons. The molecule has 2 N–H and O–H groups in total. The highest BCUT2D eigenvalue weighted by atomic mass is 16.2. The Morgan fingerprint density at radius 3 is 2.79 bits per heavy atom. The SMILES string of the molecule is CNC(=O)NC(=O)Cn1cnc2ccccc2c1=O. The molecule has 7 nitrogen and oxygen atoms in total. The van der Waals surface area contributed by atoms with E-state index in [0.717, 1.165) is 4.57 Å². The van der Waals surface area contributed by atoms with E-state index in [1.807, 2.05) is 0 Å². The summed E-state index contributed by atoms with van der Waals surface area (Å²) in [5.41, 5.74) is 0.244. The molecular weight excluding hydrogens is 248 g/mol. The molecule has 0 saturated heterocycles. The van der Waals surface area contributed by atoms with Gasteiger partial charge in [-0.1, -0.05) is 12.1 Å². The summed E-state index contributed by atoms with van der Waals surface area (Å²) in [5.74, 6) is -0.585. The fourth-order valence-corrected chi connectivity index (χ4v) is 1.60. The van der Waals surface area contributed by atoms with E-state index in [4.69, 9.17) is 0 Å². The quantitative estimate of drug-likeness (QED) is 0.785. The van der Waals surface area contributed by atoms with Crippen LogP contribution in [-0.2, 0) is 11.3 Å². The van der Waals surface area contributed by atoms with Crippen LogP contribution in [0.5, 0.6) is 0 Å². The van der Waals surface area contributed by atoms with Crippen LogP contribution in [0.3, 0.4) is 0 Å². The van der Waals surface area contributed by atoms with Crippen molar-refractivity contribution in [1.29, 1.82) is 0 Å². The summed E-state index contributed by atoms with van der Waals surface area (Å²) in [6.07, 6.45) is 1.29. The van der Waals surface area contributed by atoms with Gasteiger partial charge in [0.1, 0.15) is 6.54 Å². The molecule has 2 rings (SSSR count). The number of urea groups is 1. The summed E-state index contributed by atoms with van der Waals surface area (Å²) < 4.78 is 1.15. The van der Waals surface area contributed by atoms with Gasteiger partial charge in [0.25, 0.3) is 5.56 Å². The van der Waals surface area contributed by atoms with Crippen molar-refractivity contribution in [3.05, 3.63) is 40.9 Å². The zero-order valence-corrected chi connectivity index (χ0v) is 10.2. The molecule has 0 atom stereocenters. The van der Waals surface area contributed by atoms with Gasteiger partial charge in [-0.3, -0.25) is 19.5 Å². The van der Waals surface area contributed by atoms with Crippen LogP contribution in [0.4, 0.5) is 4.79 Å². The molecule has 0 bridgehead atoms. The van der Waals surface area contributed by atoms with Gasteiger partial charge < -0.3 is 5.32 Å². The molecule has 0 radical (unpaired) electrons. The lowest BCUT2D eigenvalue weighted by molar-refractivity contribution is -0.120. The highest BCUT2D eigenvalue weighted by Crippen LogP contribution is 2.04. The second-order valence-electron chi connectivity index (χ2n) is 3.82. The van der Waals surface area contributed by atoms with Crippen LogP contribution in [0, 0.1) is 0 Å². The summed E-state index contributed by atoms with van der Waals surface area (Å²) in [4.78, 5) is 38.6. The van der Waals surface area contributed by atoms with Gasteiger partial charge in [0, 0.05) is 7.05 Å². The van der Waals surface area contributed by atoms with Gasteiger partial charge in [0.2, 0.25) is 5.91 Å². The number of benzene rings is 1. The summed E-state index contributed by atoms with van der Waals surface area (Å²) in [6, 6.07) is 6.23. The monoisotopic (exact) mass is 260 g/mol. The standard InChI is InChI=1S/C12H12N4O3/c1-13-12(19)15-10(17)6-16-7-14-9-5-3-2-4-8(9)11(16)18/h2-5,7H,6H2,1H3,(H2,13,15,17,19). The van der Waals surface area contributed by atoms with E-state index in [0.29, 0.717) is 10.9 Å². The van der Waals surface area contributed by atoms with Gasteiger partial charge in [-0.25, -0.2) is 9.78 Å². The number of hydrogen-bond donors (Lipinski definition) is 2. The van der Waals surface area contributed by atoms with Crippen LogP contribution in [0.1, 0.15) is 0 Å². The highest BCUT2D eigenvalue weighted by Gasteiger charge is 2.09. The summed E-state index contributed by atoms with van der Waals surface area (Å²) in [7, 11) is 1.40. The fraction of sp³-hybridized carbons (Fsp3) is 0.167. The molecule has 0 aliphatic carbocycles. The number of imide groups is 1.